The van der Waals surface area contributed by atoms with Gasteiger partial charge >= 0.3 is 0 Å². The van der Waals surface area contributed by atoms with E-state index in [2.05, 4.69) is 36.8 Å². The molecule has 0 spiro atoms. The molecular weight excluding hydrogens is 692 g/mol. The molecular formula is C29H24Br2N4O6S. The van der Waals surface area contributed by atoms with Gasteiger partial charge in [-0.1, -0.05) is 30.3 Å². The highest BCUT2D eigenvalue weighted by Gasteiger charge is 2.37. The molecule has 0 unspecified atom stereocenters. The van der Waals surface area contributed by atoms with Crippen molar-refractivity contribution in [3.63, 3.8) is 0 Å². The highest BCUT2D eigenvalue weighted by Crippen LogP contribution is 2.38. The van der Waals surface area contributed by atoms with E-state index in [1.165, 1.54) is 12.1 Å². The lowest BCUT2D eigenvalue weighted by atomic mass is 10.2. The van der Waals surface area contributed by atoms with Crippen molar-refractivity contribution in [1.29, 1.82) is 0 Å². The smallest absolute Gasteiger partial charge is 0.294 e. The molecule has 2 aliphatic rings. The number of carbonyl (C=O) groups excluding carboxylic acids is 3. The molecule has 2 aliphatic heterocycles. The molecule has 0 aromatic heterocycles. The second kappa shape index (κ2) is 13.1. The van der Waals surface area contributed by atoms with Gasteiger partial charge in [-0.15, -0.1) is 0 Å². The maximum Gasteiger partial charge on any atom is 0.294 e. The number of amides is 3. The van der Waals surface area contributed by atoms with Crippen LogP contribution in [0.4, 0.5) is 16.2 Å². The molecule has 3 aromatic rings. The summed E-state index contributed by atoms with van der Waals surface area (Å²) < 4.78 is 7.05. The number of anilines is 1. The molecule has 216 valence electrons. The van der Waals surface area contributed by atoms with Crippen LogP contribution in [0.15, 0.2) is 80.6 Å². The number of thioether (sulfide) groups is 1. The number of nitro groups is 1. The van der Waals surface area contributed by atoms with E-state index >= 15 is 0 Å². The van der Waals surface area contributed by atoms with Crippen LogP contribution >= 0.6 is 43.6 Å². The van der Waals surface area contributed by atoms with Gasteiger partial charge in [-0.05, 0) is 85.1 Å². The molecule has 3 aromatic carbocycles. The quantitative estimate of drug-likeness (QED) is 0.157. The van der Waals surface area contributed by atoms with Gasteiger partial charge in [-0.3, -0.25) is 29.4 Å². The van der Waals surface area contributed by atoms with Crippen molar-refractivity contribution < 1.29 is 24.0 Å². The SMILES string of the molecule is O=C(CN1C(=O)S/C(=C/c2cc(Br)c(OCc3cccc([N+](=O)[O-])c3)c(Br)c2)C1=O)N1CCN(c2ccccc2)CC1. The van der Waals surface area contributed by atoms with Crippen molar-refractivity contribution in [3.8, 4) is 5.75 Å². The minimum atomic E-state index is -0.514. The van der Waals surface area contributed by atoms with Crippen LogP contribution in [0, 0.1) is 10.1 Å². The van der Waals surface area contributed by atoms with Gasteiger partial charge in [-0.25, -0.2) is 0 Å². The van der Waals surface area contributed by atoms with Crippen molar-refractivity contribution in [2.45, 2.75) is 6.61 Å². The second-order valence-corrected chi connectivity index (χ2v) is 12.2. The van der Waals surface area contributed by atoms with Gasteiger partial charge in [0.25, 0.3) is 16.8 Å². The monoisotopic (exact) mass is 714 g/mol. The maximum absolute atomic E-state index is 13.1. The van der Waals surface area contributed by atoms with E-state index in [0.29, 0.717) is 52.0 Å². The molecule has 0 saturated carbocycles. The molecule has 2 saturated heterocycles. The van der Waals surface area contributed by atoms with Gasteiger partial charge in [0.05, 0.1) is 18.8 Å². The van der Waals surface area contributed by atoms with Gasteiger partial charge in [0, 0.05) is 44.0 Å². The van der Waals surface area contributed by atoms with E-state index in [1.54, 1.807) is 35.2 Å². The number of nitro benzene ring substituents is 1. The van der Waals surface area contributed by atoms with Crippen LogP contribution < -0.4 is 9.64 Å². The van der Waals surface area contributed by atoms with Crippen LogP contribution in [0.1, 0.15) is 11.1 Å². The number of hydrogen-bond acceptors (Lipinski definition) is 8. The number of ether oxygens (including phenoxy) is 1. The van der Waals surface area contributed by atoms with Gasteiger partial charge < -0.3 is 14.5 Å². The number of para-hydroxylation sites is 1. The molecule has 0 radical (unpaired) electrons. The van der Waals surface area contributed by atoms with Gasteiger partial charge in [0.15, 0.2) is 0 Å². The molecule has 0 aliphatic carbocycles. The number of nitrogens with zero attached hydrogens (tertiary/aromatic N) is 4. The molecule has 13 heteroatoms. The van der Waals surface area contributed by atoms with Crippen LogP contribution in [0.2, 0.25) is 0 Å². The average Bonchev–Trinajstić information content (AvgIpc) is 3.24. The summed E-state index contributed by atoms with van der Waals surface area (Å²) in [6, 6.07) is 19.6. The molecule has 2 fully saturated rings. The van der Waals surface area contributed by atoms with Crippen molar-refractivity contribution in [1.82, 2.24) is 9.80 Å². The third-order valence-corrected chi connectivity index (χ3v) is 8.83. The minimum Gasteiger partial charge on any atom is -0.487 e. The standard InChI is InChI=1S/C29H24Br2N4O6S/c30-23-14-20(15-24(31)27(23)41-18-19-5-4-8-22(13-19)35(39)40)16-25-28(37)34(29(38)42-25)17-26(36)33-11-9-32(10-12-33)21-6-2-1-3-7-21/h1-8,13-16H,9-12,17-18H2/b25-16+. The third kappa shape index (κ3) is 6.85. The maximum atomic E-state index is 13.1. The topological polar surface area (TPSA) is 113 Å². The molecule has 2 heterocycles. The number of carbonyl (C=O) groups is 3. The molecule has 0 N–H and O–H groups in total. The zero-order valence-corrected chi connectivity index (χ0v) is 26.1. The summed E-state index contributed by atoms with van der Waals surface area (Å²) in [5.41, 5.74) is 2.34. The van der Waals surface area contributed by atoms with E-state index in [0.717, 1.165) is 22.3 Å². The van der Waals surface area contributed by atoms with E-state index in [9.17, 15) is 24.5 Å². The van der Waals surface area contributed by atoms with Gasteiger partial charge in [0.2, 0.25) is 5.91 Å². The summed E-state index contributed by atoms with van der Waals surface area (Å²) in [6.45, 7) is 2.17. The normalized spacial score (nSPS) is 16.3. The Balaban J connectivity index is 1.20. The summed E-state index contributed by atoms with van der Waals surface area (Å²) in [5.74, 6) is -0.300. The van der Waals surface area contributed by atoms with Crippen molar-refractivity contribution >= 4 is 78.1 Å². The Bertz CT molecular complexity index is 1550. The fourth-order valence-corrected chi connectivity index (χ4v) is 6.88. The summed E-state index contributed by atoms with van der Waals surface area (Å²) >= 11 is 7.75. The first-order chi connectivity index (χ1) is 20.2. The van der Waals surface area contributed by atoms with E-state index in [1.807, 2.05) is 30.3 Å². The Morgan fingerprint density at radius 2 is 1.67 bits per heavy atom. The van der Waals surface area contributed by atoms with Gasteiger partial charge in [-0.2, -0.15) is 0 Å². The first-order valence-electron chi connectivity index (χ1n) is 12.9. The summed E-state index contributed by atoms with van der Waals surface area (Å²) in [5, 5.41) is 10.5. The summed E-state index contributed by atoms with van der Waals surface area (Å²) in [6.07, 6.45) is 1.59. The number of non-ortho nitro benzene ring substituents is 1. The number of benzene rings is 3. The molecule has 42 heavy (non-hydrogen) atoms. The van der Waals surface area contributed by atoms with Crippen LogP contribution in [0.3, 0.4) is 0 Å². The highest BCUT2D eigenvalue weighted by molar-refractivity contribution is 9.11. The lowest BCUT2D eigenvalue weighted by molar-refractivity contribution is -0.384. The Kier molecular flexibility index (Phi) is 9.29. The van der Waals surface area contributed by atoms with Crippen molar-refractivity contribution in [2.24, 2.45) is 0 Å². The third-order valence-electron chi connectivity index (χ3n) is 6.74. The number of imide groups is 1. The van der Waals surface area contributed by atoms with Crippen molar-refractivity contribution in [3.05, 3.63) is 102 Å². The first kappa shape index (κ1) is 29.8. The van der Waals surface area contributed by atoms with Crippen LogP contribution in [0.5, 0.6) is 5.75 Å². The largest absolute Gasteiger partial charge is 0.487 e. The molecule has 0 bridgehead atoms. The summed E-state index contributed by atoms with van der Waals surface area (Å²) in [4.78, 5) is 54.4. The Morgan fingerprint density at radius 3 is 2.33 bits per heavy atom. The van der Waals surface area contributed by atoms with Crippen LogP contribution in [-0.4, -0.2) is 64.5 Å². The van der Waals surface area contributed by atoms with E-state index < -0.39 is 16.1 Å². The molecule has 10 nitrogen and oxygen atoms in total. The molecule has 0 atom stereocenters. The summed E-state index contributed by atoms with van der Waals surface area (Å²) in [7, 11) is 0. The highest BCUT2D eigenvalue weighted by atomic mass is 79.9. The fourth-order valence-electron chi connectivity index (χ4n) is 4.59. The number of hydrogen-bond donors (Lipinski definition) is 0. The van der Waals surface area contributed by atoms with Gasteiger partial charge in [0.1, 0.15) is 18.9 Å². The fraction of sp³-hybridized carbons (Fsp3) is 0.207. The Morgan fingerprint density at radius 1 is 0.976 bits per heavy atom. The Labute approximate surface area is 262 Å². The molecule has 3 amide bonds. The average molecular weight is 716 g/mol. The lowest BCUT2D eigenvalue weighted by Crippen LogP contribution is -2.51. The Hall–Kier alpha value is -3.68. The number of rotatable bonds is 8. The van der Waals surface area contributed by atoms with Crippen molar-refractivity contribution in [2.75, 3.05) is 37.6 Å². The predicted molar refractivity (Wildman–Crippen MR) is 167 cm³/mol. The zero-order chi connectivity index (χ0) is 29.8. The van der Waals surface area contributed by atoms with E-state index in [4.69, 9.17) is 4.74 Å². The zero-order valence-electron chi connectivity index (χ0n) is 22.1. The first-order valence-corrected chi connectivity index (χ1v) is 15.3. The number of piperazine rings is 1. The van der Waals surface area contributed by atoms with E-state index in [-0.39, 0.29) is 29.7 Å². The van der Waals surface area contributed by atoms with Crippen LogP contribution in [0.25, 0.3) is 6.08 Å². The lowest BCUT2D eigenvalue weighted by Gasteiger charge is -2.36. The second-order valence-electron chi connectivity index (χ2n) is 9.50. The van der Waals surface area contributed by atoms with Crippen LogP contribution in [-0.2, 0) is 16.2 Å². The minimum absolute atomic E-state index is 0.0224. The molecule has 5 rings (SSSR count). The predicted octanol–water partition coefficient (Wildman–Crippen LogP) is 6.08. The number of halogens is 2.